The first kappa shape index (κ1) is 56.8. The number of rotatable bonds is 15. The predicted octanol–water partition coefficient (Wildman–Crippen LogP) is 9.57. The second-order valence-corrected chi connectivity index (χ2v) is 23.4. The van der Waals surface area contributed by atoms with Crippen LogP contribution in [0.5, 0.6) is 0 Å². The Bertz CT molecular complexity index is 1750. The van der Waals surface area contributed by atoms with Crippen molar-refractivity contribution >= 4 is 41.8 Å². The first-order chi connectivity index (χ1) is 31.6. The SMILES string of the molecule is CCC(C)(C)C(=O)OC(C)CC(=O)O.CCC(C)(C)C(=O)OC12CC3CC(CC(C3)C1)C2.CCC(C)(C)C(=O)OC1C2CC3C1OC(=O)C3C2C(=O)OC.CCC(C)(C)C(=O)OC1CCCCO1. The second-order valence-electron chi connectivity index (χ2n) is 23.4. The number of carbonyl (C=O) groups is 7. The highest BCUT2D eigenvalue weighted by atomic mass is 16.7. The zero-order valence-corrected chi connectivity index (χ0v) is 43.8. The smallest absolute Gasteiger partial charge is 0.313 e. The average molecular weight is 963 g/mol. The lowest BCUT2D eigenvalue weighted by molar-refractivity contribution is -0.196. The maximum atomic E-state index is 12.4. The molecule has 6 aliphatic carbocycles. The van der Waals surface area contributed by atoms with E-state index in [-0.39, 0.29) is 70.8 Å². The van der Waals surface area contributed by atoms with Gasteiger partial charge in [0.05, 0.1) is 53.6 Å². The molecule has 8 atom stereocenters. The van der Waals surface area contributed by atoms with E-state index in [2.05, 4.69) is 6.92 Å². The first-order valence-electron chi connectivity index (χ1n) is 25.6. The molecule has 2 aliphatic heterocycles. The summed E-state index contributed by atoms with van der Waals surface area (Å²) in [5.74, 6) is -1.17. The molecular formula is C53H86O15. The molecule has 0 aromatic rings. The Morgan fingerprint density at radius 1 is 0.691 bits per heavy atom. The van der Waals surface area contributed by atoms with Gasteiger partial charge in [-0.1, -0.05) is 27.7 Å². The van der Waals surface area contributed by atoms with Crippen molar-refractivity contribution in [2.45, 2.75) is 217 Å². The number of carboxylic acid groups (broad SMARTS) is 1. The Labute approximate surface area is 405 Å². The first-order valence-corrected chi connectivity index (χ1v) is 25.6. The number of carboxylic acids is 1. The van der Waals surface area contributed by atoms with Crippen LogP contribution in [0.3, 0.4) is 0 Å². The largest absolute Gasteiger partial charge is 0.481 e. The summed E-state index contributed by atoms with van der Waals surface area (Å²) < 4.78 is 37.6. The number of hydrogen-bond acceptors (Lipinski definition) is 14. The summed E-state index contributed by atoms with van der Waals surface area (Å²) in [6.07, 6.45) is 12.3. The number of esters is 6. The molecule has 2 heterocycles. The van der Waals surface area contributed by atoms with Crippen LogP contribution >= 0.6 is 0 Å². The van der Waals surface area contributed by atoms with Crippen molar-refractivity contribution < 1.29 is 71.8 Å². The molecule has 0 aromatic carbocycles. The van der Waals surface area contributed by atoms with Crippen LogP contribution < -0.4 is 0 Å². The van der Waals surface area contributed by atoms with Crippen molar-refractivity contribution in [3.05, 3.63) is 0 Å². The van der Waals surface area contributed by atoms with Gasteiger partial charge in [0.25, 0.3) is 0 Å². The number of carbonyl (C=O) groups excluding carboxylic acids is 6. The summed E-state index contributed by atoms with van der Waals surface area (Å²) in [6, 6.07) is 0. The highest BCUT2D eigenvalue weighted by molar-refractivity contribution is 5.86. The van der Waals surface area contributed by atoms with Crippen LogP contribution in [0.2, 0.25) is 0 Å². The van der Waals surface area contributed by atoms with Gasteiger partial charge in [0.1, 0.15) is 23.9 Å². The van der Waals surface area contributed by atoms with E-state index in [0.29, 0.717) is 25.9 Å². The molecule has 6 saturated carbocycles. The van der Waals surface area contributed by atoms with E-state index in [0.717, 1.165) is 69.1 Å². The van der Waals surface area contributed by atoms with E-state index >= 15 is 0 Å². The van der Waals surface area contributed by atoms with Gasteiger partial charge in [-0.25, -0.2) is 0 Å². The zero-order chi connectivity index (χ0) is 51.2. The molecule has 2 saturated heterocycles. The summed E-state index contributed by atoms with van der Waals surface area (Å²) in [7, 11) is 1.31. The number of ether oxygens (including phenoxy) is 7. The lowest BCUT2D eigenvalue weighted by atomic mass is 9.54. The molecule has 0 amide bonds. The van der Waals surface area contributed by atoms with Crippen molar-refractivity contribution in [3.63, 3.8) is 0 Å². The van der Waals surface area contributed by atoms with Crippen molar-refractivity contribution in [2.75, 3.05) is 13.7 Å². The van der Waals surface area contributed by atoms with Gasteiger partial charge in [0.2, 0.25) is 6.29 Å². The Hall–Kier alpha value is -3.75. The third kappa shape index (κ3) is 13.8. The Kier molecular flexibility index (Phi) is 19.2. The quantitative estimate of drug-likeness (QED) is 0.120. The van der Waals surface area contributed by atoms with E-state index < -0.39 is 52.9 Å². The number of methoxy groups -OCH3 is 1. The third-order valence-electron chi connectivity index (χ3n) is 16.4. The Morgan fingerprint density at radius 2 is 1.18 bits per heavy atom. The summed E-state index contributed by atoms with van der Waals surface area (Å²) in [4.78, 5) is 82.3. The molecule has 0 aromatic heterocycles. The fourth-order valence-electron chi connectivity index (χ4n) is 10.7. The third-order valence-corrected chi connectivity index (χ3v) is 16.4. The molecule has 68 heavy (non-hydrogen) atoms. The van der Waals surface area contributed by atoms with Gasteiger partial charge in [-0.3, -0.25) is 33.6 Å². The van der Waals surface area contributed by atoms with Gasteiger partial charge >= 0.3 is 41.8 Å². The summed E-state index contributed by atoms with van der Waals surface area (Å²) in [5.41, 5.74) is -1.90. The average Bonchev–Trinajstić information content (AvgIpc) is 3.90. The molecule has 15 heteroatoms. The monoisotopic (exact) mass is 963 g/mol. The molecule has 8 fully saturated rings. The minimum atomic E-state index is -0.959. The van der Waals surface area contributed by atoms with Crippen molar-refractivity contribution in [2.24, 2.45) is 63.1 Å². The van der Waals surface area contributed by atoms with Crippen LogP contribution in [-0.4, -0.2) is 90.8 Å². The van der Waals surface area contributed by atoms with E-state index in [1.165, 1.54) is 26.4 Å². The van der Waals surface area contributed by atoms with Gasteiger partial charge in [-0.05, 0) is 164 Å². The predicted molar refractivity (Wildman–Crippen MR) is 251 cm³/mol. The molecule has 0 spiro atoms. The normalized spacial score (nSPS) is 31.2. The summed E-state index contributed by atoms with van der Waals surface area (Å²) in [6.45, 7) is 25.2. The highest BCUT2D eigenvalue weighted by Crippen LogP contribution is 2.60. The lowest BCUT2D eigenvalue weighted by Crippen LogP contribution is -2.53. The Balaban J connectivity index is 0.000000202. The number of fused-ring (bicyclic) bond motifs is 1. The van der Waals surface area contributed by atoms with Crippen LogP contribution in [0, 0.1) is 63.1 Å². The summed E-state index contributed by atoms with van der Waals surface area (Å²) >= 11 is 0. The van der Waals surface area contributed by atoms with Crippen molar-refractivity contribution in [1.29, 1.82) is 0 Å². The number of hydrogen-bond donors (Lipinski definition) is 1. The van der Waals surface area contributed by atoms with E-state index in [4.69, 9.17) is 38.3 Å². The van der Waals surface area contributed by atoms with Crippen LogP contribution in [0.25, 0.3) is 0 Å². The minimum Gasteiger partial charge on any atom is -0.481 e. The molecule has 8 unspecified atom stereocenters. The molecule has 1 N–H and O–H groups in total. The maximum absolute atomic E-state index is 12.4. The topological polar surface area (TPSA) is 204 Å². The fraction of sp³-hybridized carbons (Fsp3) is 0.868. The summed E-state index contributed by atoms with van der Waals surface area (Å²) in [5, 5.41) is 8.47. The van der Waals surface area contributed by atoms with Crippen molar-refractivity contribution in [1.82, 2.24) is 0 Å². The van der Waals surface area contributed by atoms with Gasteiger partial charge in [-0.2, -0.15) is 0 Å². The van der Waals surface area contributed by atoms with Crippen LogP contribution in [0.1, 0.15) is 186 Å². The van der Waals surface area contributed by atoms with Gasteiger partial charge in [-0.15, -0.1) is 0 Å². The number of aliphatic carboxylic acids is 1. The maximum Gasteiger partial charge on any atom is 0.313 e. The van der Waals surface area contributed by atoms with Crippen LogP contribution in [-0.2, 0) is 66.7 Å². The molecule has 0 radical (unpaired) electrons. The molecule has 8 rings (SSSR count). The molecule has 388 valence electrons. The van der Waals surface area contributed by atoms with Crippen LogP contribution in [0.15, 0.2) is 0 Å². The lowest BCUT2D eigenvalue weighted by Gasteiger charge is -2.56. The molecule has 6 bridgehead atoms. The minimum absolute atomic E-state index is 0.0342. The Morgan fingerprint density at radius 3 is 1.63 bits per heavy atom. The van der Waals surface area contributed by atoms with Crippen LogP contribution in [0.4, 0.5) is 0 Å². The van der Waals surface area contributed by atoms with E-state index in [1.54, 1.807) is 20.8 Å². The van der Waals surface area contributed by atoms with Gasteiger partial charge in [0.15, 0.2) is 0 Å². The molecule has 15 nitrogen and oxygen atoms in total. The molecule has 8 aliphatic rings. The highest BCUT2D eigenvalue weighted by Gasteiger charge is 2.70. The van der Waals surface area contributed by atoms with Crippen molar-refractivity contribution in [3.8, 4) is 0 Å². The second kappa shape index (κ2) is 23.0. The van der Waals surface area contributed by atoms with E-state index in [1.807, 2.05) is 62.3 Å². The zero-order valence-electron chi connectivity index (χ0n) is 43.8. The fourth-order valence-corrected chi connectivity index (χ4v) is 10.7. The van der Waals surface area contributed by atoms with E-state index in [9.17, 15) is 33.6 Å². The standard InChI is InChI=1S/C16H22O6.C16H26O2.C11H20O3.C10H18O4/c1-5-16(2,3)15(19)22-12-7-6-8-10(9(7)13(17)20-4)14(18)21-11(8)12;1-4-15(2,3)14(17)18-16-8-11-5-12(9-16)7-13(6-11)10-16;1-4-11(2,3)10(12)14-9-7-5-6-8-13-9;1-5-10(3,4)9(13)14-7(2)6-8(11)12/h7-12H,5-6H2,1-4H3;11-13H,4-10H2,1-3H3;9H,4-8H2,1-3H3;7H,5-6H2,1-4H3,(H,11,12). The van der Waals surface area contributed by atoms with Gasteiger partial charge < -0.3 is 38.3 Å². The molecular weight excluding hydrogens is 877 g/mol. The van der Waals surface area contributed by atoms with Gasteiger partial charge in [0, 0.05) is 18.3 Å².